The van der Waals surface area contributed by atoms with Crippen LogP contribution in [-0.4, -0.2) is 33.3 Å². The number of rotatable bonds is 7. The maximum atomic E-state index is 12.7. The molecular weight excluding hydrogens is 410 g/mol. The molecule has 0 spiro atoms. The van der Waals surface area contributed by atoms with Gasteiger partial charge in [0.1, 0.15) is 5.69 Å². The summed E-state index contributed by atoms with van der Waals surface area (Å²) in [6.07, 6.45) is 3.97. The van der Waals surface area contributed by atoms with E-state index in [0.717, 1.165) is 12.0 Å². The largest absolute Gasteiger partial charge is 0.352 e. The molecule has 31 heavy (non-hydrogen) atoms. The predicted molar refractivity (Wildman–Crippen MR) is 120 cm³/mol. The SMILES string of the molecule is O=C(Nc1ccccc1C(=O)NCCc1ccccc1)c1csc(-c2ncccn2)n1. The van der Waals surface area contributed by atoms with E-state index in [0.29, 0.717) is 28.6 Å². The molecule has 0 saturated heterocycles. The number of thiazole rings is 1. The van der Waals surface area contributed by atoms with Crippen LogP contribution in [0.15, 0.2) is 78.4 Å². The molecule has 0 saturated carbocycles. The summed E-state index contributed by atoms with van der Waals surface area (Å²) in [5.74, 6) is -0.184. The van der Waals surface area contributed by atoms with Gasteiger partial charge in [0.15, 0.2) is 10.8 Å². The molecule has 2 amide bonds. The summed E-state index contributed by atoms with van der Waals surface area (Å²) in [6.45, 7) is 0.498. The highest BCUT2D eigenvalue weighted by molar-refractivity contribution is 7.13. The fourth-order valence-corrected chi connectivity index (χ4v) is 3.67. The van der Waals surface area contributed by atoms with E-state index in [2.05, 4.69) is 25.6 Å². The maximum absolute atomic E-state index is 12.7. The highest BCUT2D eigenvalue weighted by Gasteiger charge is 2.17. The number of hydrogen-bond acceptors (Lipinski definition) is 6. The first-order valence-electron chi connectivity index (χ1n) is 9.66. The summed E-state index contributed by atoms with van der Waals surface area (Å²) in [6, 6.07) is 18.5. The van der Waals surface area contributed by atoms with E-state index in [1.165, 1.54) is 11.3 Å². The maximum Gasteiger partial charge on any atom is 0.275 e. The van der Waals surface area contributed by atoms with Crippen LogP contribution in [0.2, 0.25) is 0 Å². The van der Waals surface area contributed by atoms with E-state index in [9.17, 15) is 9.59 Å². The minimum absolute atomic E-state index is 0.242. The molecule has 0 unspecified atom stereocenters. The molecule has 2 N–H and O–H groups in total. The number of nitrogens with one attached hydrogen (secondary N) is 2. The molecule has 8 heteroatoms. The van der Waals surface area contributed by atoms with Crippen molar-refractivity contribution in [3.05, 3.63) is 95.3 Å². The number of para-hydroxylation sites is 1. The Hall–Kier alpha value is -3.91. The van der Waals surface area contributed by atoms with Gasteiger partial charge in [-0.05, 0) is 30.2 Å². The van der Waals surface area contributed by atoms with Gasteiger partial charge >= 0.3 is 0 Å². The fraction of sp³-hybridized carbons (Fsp3) is 0.0870. The zero-order chi connectivity index (χ0) is 21.5. The van der Waals surface area contributed by atoms with Crippen LogP contribution in [0.5, 0.6) is 0 Å². The quantitative estimate of drug-likeness (QED) is 0.465. The van der Waals surface area contributed by atoms with Crippen molar-refractivity contribution < 1.29 is 9.59 Å². The second kappa shape index (κ2) is 9.73. The Morgan fingerprint density at radius 3 is 2.42 bits per heavy atom. The van der Waals surface area contributed by atoms with Crippen molar-refractivity contribution >= 4 is 28.8 Å². The molecule has 0 aliphatic heterocycles. The zero-order valence-electron chi connectivity index (χ0n) is 16.5. The molecule has 0 atom stereocenters. The Morgan fingerprint density at radius 1 is 0.871 bits per heavy atom. The Morgan fingerprint density at radius 2 is 1.61 bits per heavy atom. The van der Waals surface area contributed by atoms with Crippen LogP contribution < -0.4 is 10.6 Å². The van der Waals surface area contributed by atoms with Gasteiger partial charge in [-0.2, -0.15) is 0 Å². The van der Waals surface area contributed by atoms with E-state index >= 15 is 0 Å². The monoisotopic (exact) mass is 429 g/mol. The van der Waals surface area contributed by atoms with Gasteiger partial charge in [0, 0.05) is 24.3 Å². The minimum Gasteiger partial charge on any atom is -0.352 e. The summed E-state index contributed by atoms with van der Waals surface area (Å²) in [4.78, 5) is 38.0. The van der Waals surface area contributed by atoms with Gasteiger partial charge in [0.25, 0.3) is 11.8 Å². The molecule has 0 bridgehead atoms. The zero-order valence-corrected chi connectivity index (χ0v) is 17.3. The standard InChI is InChI=1S/C23H19N5O2S/c29-21(26-14-11-16-7-2-1-3-8-16)17-9-4-5-10-18(17)27-22(30)19-15-31-23(28-19)20-24-12-6-13-25-20/h1-10,12-13,15H,11,14H2,(H,26,29)(H,27,30). The molecule has 4 rings (SSSR count). The summed E-state index contributed by atoms with van der Waals surface area (Å²) in [5.41, 5.74) is 2.21. The second-order valence-corrected chi connectivity index (χ2v) is 7.46. The second-order valence-electron chi connectivity index (χ2n) is 6.60. The third kappa shape index (κ3) is 5.18. The third-order valence-electron chi connectivity index (χ3n) is 4.46. The van der Waals surface area contributed by atoms with Crippen molar-refractivity contribution in [1.29, 1.82) is 0 Å². The summed E-state index contributed by atoms with van der Waals surface area (Å²) < 4.78 is 0. The minimum atomic E-state index is -0.400. The van der Waals surface area contributed by atoms with Crippen LogP contribution in [0.4, 0.5) is 5.69 Å². The average molecular weight is 430 g/mol. The van der Waals surface area contributed by atoms with E-state index in [4.69, 9.17) is 0 Å². The summed E-state index contributed by atoms with van der Waals surface area (Å²) >= 11 is 1.28. The fourth-order valence-electron chi connectivity index (χ4n) is 2.93. The normalized spacial score (nSPS) is 10.5. The van der Waals surface area contributed by atoms with Gasteiger partial charge in [-0.1, -0.05) is 42.5 Å². The van der Waals surface area contributed by atoms with E-state index in [1.54, 1.807) is 48.1 Å². The lowest BCUT2D eigenvalue weighted by Gasteiger charge is -2.11. The number of carbonyl (C=O) groups is 2. The number of hydrogen-bond donors (Lipinski definition) is 2. The van der Waals surface area contributed by atoms with E-state index < -0.39 is 5.91 Å². The third-order valence-corrected chi connectivity index (χ3v) is 5.29. The van der Waals surface area contributed by atoms with Crippen LogP contribution in [0.3, 0.4) is 0 Å². The number of amides is 2. The number of anilines is 1. The number of benzene rings is 2. The molecule has 0 aliphatic carbocycles. The molecule has 4 aromatic rings. The Bertz CT molecular complexity index is 1180. The number of nitrogens with zero attached hydrogens (tertiary/aromatic N) is 3. The van der Waals surface area contributed by atoms with Crippen LogP contribution in [0.1, 0.15) is 26.4 Å². The summed E-state index contributed by atoms with van der Waals surface area (Å²) in [5, 5.41) is 7.89. The number of aromatic nitrogens is 3. The van der Waals surface area contributed by atoms with Crippen molar-refractivity contribution in [2.75, 3.05) is 11.9 Å². The average Bonchev–Trinajstić information content (AvgIpc) is 3.31. The summed E-state index contributed by atoms with van der Waals surface area (Å²) in [7, 11) is 0. The molecule has 2 aromatic heterocycles. The van der Waals surface area contributed by atoms with Crippen molar-refractivity contribution in [3.8, 4) is 10.8 Å². The smallest absolute Gasteiger partial charge is 0.275 e. The molecule has 0 fully saturated rings. The van der Waals surface area contributed by atoms with Crippen LogP contribution in [-0.2, 0) is 6.42 Å². The molecule has 7 nitrogen and oxygen atoms in total. The highest BCUT2D eigenvalue weighted by atomic mass is 32.1. The predicted octanol–water partition coefficient (Wildman–Crippen LogP) is 3.82. The topological polar surface area (TPSA) is 96.9 Å². The molecule has 0 radical (unpaired) electrons. The first-order chi connectivity index (χ1) is 15.2. The van der Waals surface area contributed by atoms with Crippen molar-refractivity contribution in [1.82, 2.24) is 20.3 Å². The lowest BCUT2D eigenvalue weighted by atomic mass is 10.1. The van der Waals surface area contributed by atoms with Gasteiger partial charge in [0.2, 0.25) is 0 Å². The number of carbonyl (C=O) groups excluding carboxylic acids is 2. The van der Waals surface area contributed by atoms with Crippen LogP contribution >= 0.6 is 11.3 Å². The van der Waals surface area contributed by atoms with Gasteiger partial charge in [0.05, 0.1) is 11.3 Å². The Labute approximate surface area is 183 Å². The first-order valence-corrected chi connectivity index (χ1v) is 10.5. The van der Waals surface area contributed by atoms with Crippen LogP contribution in [0, 0.1) is 0 Å². The van der Waals surface area contributed by atoms with Gasteiger partial charge in [-0.3, -0.25) is 9.59 Å². The van der Waals surface area contributed by atoms with Gasteiger partial charge < -0.3 is 10.6 Å². The van der Waals surface area contributed by atoms with Gasteiger partial charge in [-0.25, -0.2) is 15.0 Å². The van der Waals surface area contributed by atoms with Crippen molar-refractivity contribution in [2.45, 2.75) is 6.42 Å². The lowest BCUT2D eigenvalue weighted by molar-refractivity contribution is 0.0955. The van der Waals surface area contributed by atoms with E-state index in [1.807, 2.05) is 30.3 Å². The Kier molecular flexibility index (Phi) is 6.39. The van der Waals surface area contributed by atoms with Crippen molar-refractivity contribution in [3.63, 3.8) is 0 Å². The van der Waals surface area contributed by atoms with E-state index in [-0.39, 0.29) is 11.6 Å². The molecule has 2 heterocycles. The van der Waals surface area contributed by atoms with Crippen LogP contribution in [0.25, 0.3) is 10.8 Å². The first kappa shape index (κ1) is 20.4. The molecule has 2 aromatic carbocycles. The molecular formula is C23H19N5O2S. The molecule has 154 valence electrons. The lowest BCUT2D eigenvalue weighted by Crippen LogP contribution is -2.27. The Balaban J connectivity index is 1.42. The van der Waals surface area contributed by atoms with Crippen molar-refractivity contribution in [2.24, 2.45) is 0 Å². The van der Waals surface area contributed by atoms with Gasteiger partial charge in [-0.15, -0.1) is 11.3 Å². The molecule has 0 aliphatic rings. The highest BCUT2D eigenvalue weighted by Crippen LogP contribution is 2.21.